The van der Waals surface area contributed by atoms with Gasteiger partial charge in [-0.05, 0) is 68.0 Å². The third-order valence-corrected chi connectivity index (χ3v) is 8.20. The molecule has 1 aliphatic carbocycles. The zero-order chi connectivity index (χ0) is 22.1. The van der Waals surface area contributed by atoms with Crippen molar-refractivity contribution in [3.63, 3.8) is 0 Å². The molecular weight excluding hydrogens is 419 g/mol. The number of ether oxygens (including phenoxy) is 1. The Morgan fingerprint density at radius 3 is 2.55 bits per heavy atom. The van der Waals surface area contributed by atoms with Gasteiger partial charge in [0.05, 0.1) is 18.1 Å². The predicted molar refractivity (Wildman–Crippen MR) is 115 cm³/mol. The van der Waals surface area contributed by atoms with Gasteiger partial charge in [0.1, 0.15) is 5.82 Å². The van der Waals surface area contributed by atoms with Gasteiger partial charge in [-0.25, -0.2) is 12.8 Å². The van der Waals surface area contributed by atoms with Gasteiger partial charge >= 0.3 is 0 Å². The third kappa shape index (κ3) is 4.66. The minimum absolute atomic E-state index is 0.148. The topological polar surface area (TPSA) is 75.7 Å². The number of carbonyl (C=O) groups is 1. The first-order chi connectivity index (χ1) is 14.8. The average molecular weight is 447 g/mol. The molecule has 2 aliphatic rings. The summed E-state index contributed by atoms with van der Waals surface area (Å²) in [5.74, 6) is -0.607. The molecule has 31 heavy (non-hydrogen) atoms. The van der Waals surface area contributed by atoms with Crippen molar-refractivity contribution < 1.29 is 22.3 Å². The molecule has 0 radical (unpaired) electrons. The summed E-state index contributed by atoms with van der Waals surface area (Å²) in [5.41, 5.74) is 1.31. The lowest BCUT2D eigenvalue weighted by Gasteiger charge is -2.43. The molecule has 0 bridgehead atoms. The highest BCUT2D eigenvalue weighted by atomic mass is 32.2. The van der Waals surface area contributed by atoms with Crippen LogP contribution in [-0.4, -0.2) is 50.5 Å². The Bertz CT molecular complexity index is 1080. The molecule has 1 aliphatic heterocycles. The summed E-state index contributed by atoms with van der Waals surface area (Å²) in [7, 11) is -3.71. The number of nitrogens with zero attached hydrogens (tertiary/aromatic N) is 1. The first-order valence-corrected chi connectivity index (χ1v) is 12.0. The minimum Gasteiger partial charge on any atom is -0.379 e. The van der Waals surface area contributed by atoms with Crippen molar-refractivity contribution in [3.05, 3.63) is 65.0 Å². The number of aryl methyl sites for hydroxylation is 1. The summed E-state index contributed by atoms with van der Waals surface area (Å²) in [6, 6.07) is 11.2. The fourth-order valence-corrected chi connectivity index (χ4v) is 5.90. The SMILES string of the molecule is Cc1ccc(C(=O)NC2(Cc3cccc(F)c3)CCC2)cc1S(=O)(=O)N1CCOCC1. The van der Waals surface area contributed by atoms with Crippen molar-refractivity contribution >= 4 is 15.9 Å². The van der Waals surface area contributed by atoms with Crippen molar-refractivity contribution in [1.82, 2.24) is 9.62 Å². The van der Waals surface area contributed by atoms with E-state index in [1.165, 1.54) is 22.5 Å². The Hall–Kier alpha value is -2.29. The highest BCUT2D eigenvalue weighted by Gasteiger charge is 2.39. The van der Waals surface area contributed by atoms with Crippen LogP contribution in [0.2, 0.25) is 0 Å². The molecule has 1 heterocycles. The van der Waals surface area contributed by atoms with Crippen molar-refractivity contribution in [1.29, 1.82) is 0 Å². The van der Waals surface area contributed by atoms with Gasteiger partial charge in [-0.3, -0.25) is 4.79 Å². The van der Waals surface area contributed by atoms with Crippen LogP contribution in [0.1, 0.15) is 40.7 Å². The second kappa shape index (κ2) is 8.68. The second-order valence-electron chi connectivity index (χ2n) is 8.39. The number of halogens is 1. The van der Waals surface area contributed by atoms with Crippen LogP contribution < -0.4 is 5.32 Å². The normalized spacial score (nSPS) is 18.9. The maximum absolute atomic E-state index is 13.6. The van der Waals surface area contributed by atoms with Gasteiger partial charge in [-0.1, -0.05) is 18.2 Å². The first kappa shape index (κ1) is 21.9. The summed E-state index contributed by atoms with van der Waals surface area (Å²) in [6.07, 6.45) is 3.14. The van der Waals surface area contributed by atoms with Crippen molar-refractivity contribution in [2.75, 3.05) is 26.3 Å². The number of rotatable bonds is 6. The number of nitrogens with one attached hydrogen (secondary N) is 1. The highest BCUT2D eigenvalue weighted by molar-refractivity contribution is 7.89. The van der Waals surface area contributed by atoms with E-state index in [1.807, 2.05) is 6.07 Å². The number of benzene rings is 2. The number of amides is 1. The van der Waals surface area contributed by atoms with Gasteiger partial charge in [0.25, 0.3) is 5.91 Å². The third-order valence-electron chi connectivity index (χ3n) is 6.16. The molecule has 6 nitrogen and oxygen atoms in total. The quantitative estimate of drug-likeness (QED) is 0.740. The number of morpholine rings is 1. The van der Waals surface area contributed by atoms with Crippen LogP contribution in [0.3, 0.4) is 0 Å². The number of hydrogen-bond acceptors (Lipinski definition) is 4. The highest BCUT2D eigenvalue weighted by Crippen LogP contribution is 2.35. The molecule has 1 N–H and O–H groups in total. The molecule has 0 spiro atoms. The van der Waals surface area contributed by atoms with Crippen LogP contribution >= 0.6 is 0 Å². The molecule has 166 valence electrons. The minimum atomic E-state index is -3.71. The summed E-state index contributed by atoms with van der Waals surface area (Å²) >= 11 is 0. The summed E-state index contributed by atoms with van der Waals surface area (Å²) in [4.78, 5) is 13.2. The molecule has 2 aromatic carbocycles. The van der Waals surface area contributed by atoms with Gasteiger partial charge in [0.2, 0.25) is 10.0 Å². The van der Waals surface area contributed by atoms with Crippen LogP contribution in [0.5, 0.6) is 0 Å². The zero-order valence-electron chi connectivity index (χ0n) is 17.6. The van der Waals surface area contributed by atoms with Crippen LogP contribution in [0.4, 0.5) is 4.39 Å². The van der Waals surface area contributed by atoms with E-state index >= 15 is 0 Å². The van der Waals surface area contributed by atoms with Gasteiger partial charge in [-0.2, -0.15) is 4.31 Å². The smallest absolute Gasteiger partial charge is 0.251 e. The summed E-state index contributed by atoms with van der Waals surface area (Å²) < 4.78 is 46.5. The lowest BCUT2D eigenvalue weighted by Crippen LogP contribution is -2.55. The van der Waals surface area contributed by atoms with Crippen LogP contribution in [0.15, 0.2) is 47.4 Å². The molecule has 0 unspecified atom stereocenters. The monoisotopic (exact) mass is 446 g/mol. The summed E-state index contributed by atoms with van der Waals surface area (Å²) in [6.45, 7) is 3.05. The summed E-state index contributed by atoms with van der Waals surface area (Å²) in [5, 5.41) is 3.10. The number of sulfonamides is 1. The predicted octanol–water partition coefficient (Wildman–Crippen LogP) is 3.05. The molecular formula is C23H27FN2O4S. The van der Waals surface area contributed by atoms with E-state index in [1.54, 1.807) is 25.1 Å². The fraction of sp³-hybridized carbons (Fsp3) is 0.435. The van der Waals surface area contributed by atoms with E-state index in [4.69, 9.17) is 4.74 Å². The molecule has 2 aromatic rings. The van der Waals surface area contributed by atoms with Gasteiger partial charge in [0, 0.05) is 24.2 Å². The molecule has 1 saturated heterocycles. The van der Waals surface area contributed by atoms with Gasteiger partial charge in [0.15, 0.2) is 0 Å². The Kier molecular flexibility index (Phi) is 6.14. The van der Waals surface area contributed by atoms with E-state index in [9.17, 15) is 17.6 Å². The Morgan fingerprint density at radius 2 is 1.90 bits per heavy atom. The second-order valence-corrected chi connectivity index (χ2v) is 10.3. The number of carbonyl (C=O) groups excluding carboxylic acids is 1. The fourth-order valence-electron chi connectivity index (χ4n) is 4.25. The average Bonchev–Trinajstić information content (AvgIpc) is 2.73. The zero-order valence-corrected chi connectivity index (χ0v) is 18.4. The molecule has 0 atom stereocenters. The Morgan fingerprint density at radius 1 is 1.16 bits per heavy atom. The van der Waals surface area contributed by atoms with Crippen molar-refractivity contribution in [2.24, 2.45) is 0 Å². The van der Waals surface area contributed by atoms with Crippen molar-refractivity contribution in [2.45, 2.75) is 43.0 Å². The molecule has 1 saturated carbocycles. The Labute approximate surface area is 182 Å². The van der Waals surface area contributed by atoms with Gasteiger partial charge in [-0.15, -0.1) is 0 Å². The van der Waals surface area contributed by atoms with Gasteiger partial charge < -0.3 is 10.1 Å². The van der Waals surface area contributed by atoms with E-state index in [2.05, 4.69) is 5.32 Å². The Balaban J connectivity index is 1.55. The first-order valence-electron chi connectivity index (χ1n) is 10.5. The lowest BCUT2D eigenvalue weighted by atomic mass is 9.72. The van der Waals surface area contributed by atoms with Crippen LogP contribution in [-0.2, 0) is 21.2 Å². The molecule has 4 rings (SSSR count). The van der Waals surface area contributed by atoms with E-state index in [0.29, 0.717) is 43.9 Å². The molecule has 2 fully saturated rings. The molecule has 8 heteroatoms. The molecule has 0 aromatic heterocycles. The number of hydrogen-bond donors (Lipinski definition) is 1. The van der Waals surface area contributed by atoms with E-state index < -0.39 is 15.6 Å². The largest absolute Gasteiger partial charge is 0.379 e. The maximum Gasteiger partial charge on any atom is 0.251 e. The van der Waals surface area contributed by atoms with E-state index in [0.717, 1.165) is 24.8 Å². The molecule has 1 amide bonds. The van der Waals surface area contributed by atoms with Crippen LogP contribution in [0.25, 0.3) is 0 Å². The van der Waals surface area contributed by atoms with Crippen LogP contribution in [0, 0.1) is 12.7 Å². The van der Waals surface area contributed by atoms with E-state index in [-0.39, 0.29) is 16.6 Å². The van der Waals surface area contributed by atoms with Crippen molar-refractivity contribution in [3.8, 4) is 0 Å². The maximum atomic E-state index is 13.6. The lowest BCUT2D eigenvalue weighted by molar-refractivity contribution is 0.0730. The standard InChI is InChI=1S/C23H27FN2O4S/c1-17-6-7-19(15-21(17)31(28,29)26-10-12-30-13-11-26)22(27)25-23(8-3-9-23)16-18-4-2-5-20(24)14-18/h2,4-7,14-15H,3,8-13,16H2,1H3,(H,25,27).